The third-order valence-electron chi connectivity index (χ3n) is 2.97. The Morgan fingerprint density at radius 2 is 1.83 bits per heavy atom. The largest absolute Gasteiger partial charge is 0.416 e. The molecule has 0 rings (SSSR count). The van der Waals surface area contributed by atoms with Gasteiger partial charge in [-0.15, -0.1) is 0 Å². The molecule has 0 saturated carbocycles. The van der Waals surface area contributed by atoms with Crippen LogP contribution in [0.4, 0.5) is 13.2 Å². The molecule has 0 fully saturated rings. The first-order valence-electron chi connectivity index (χ1n) is 6.12. The Morgan fingerprint density at radius 3 is 2.17 bits per heavy atom. The topological polar surface area (TPSA) is 12.0 Å². The van der Waals surface area contributed by atoms with Gasteiger partial charge in [0.15, 0.2) is 0 Å². The first kappa shape index (κ1) is 16.8. The van der Waals surface area contributed by atoms with Crippen LogP contribution in [0.1, 0.15) is 33.6 Å². The molecule has 104 valence electrons. The molecular formula is C14H22F3N. The van der Waals surface area contributed by atoms with Gasteiger partial charge in [-0.05, 0) is 36.5 Å². The molecule has 0 aliphatic heterocycles. The minimum atomic E-state index is -4.35. The molecule has 4 heteroatoms. The predicted molar refractivity (Wildman–Crippen MR) is 70.2 cm³/mol. The first-order chi connectivity index (χ1) is 8.27. The summed E-state index contributed by atoms with van der Waals surface area (Å²) in [5.74, 6) is 0.204. The fraction of sp³-hybridized carbons (Fsp3) is 0.571. The summed E-state index contributed by atoms with van der Waals surface area (Å²) in [6.07, 6.45) is -0.576. The van der Waals surface area contributed by atoms with E-state index in [0.717, 1.165) is 18.2 Å². The maximum Gasteiger partial charge on any atom is 0.416 e. The van der Waals surface area contributed by atoms with Gasteiger partial charge in [-0.2, -0.15) is 13.2 Å². The highest BCUT2D eigenvalue weighted by Crippen LogP contribution is 2.32. The van der Waals surface area contributed by atoms with Gasteiger partial charge in [0.2, 0.25) is 0 Å². The van der Waals surface area contributed by atoms with Crippen LogP contribution in [0.25, 0.3) is 0 Å². The van der Waals surface area contributed by atoms with E-state index in [-0.39, 0.29) is 17.9 Å². The maximum atomic E-state index is 12.8. The summed E-state index contributed by atoms with van der Waals surface area (Å²) in [6, 6.07) is 0. The highest BCUT2D eigenvalue weighted by Gasteiger charge is 2.34. The molecule has 1 N–H and O–H groups in total. The zero-order chi connectivity index (χ0) is 14.3. The number of rotatable bonds is 6. The molecule has 1 nitrogen and oxygen atoms in total. The van der Waals surface area contributed by atoms with Gasteiger partial charge in [0.1, 0.15) is 0 Å². The number of halogens is 3. The van der Waals surface area contributed by atoms with Crippen LogP contribution in [-0.4, -0.2) is 13.2 Å². The quantitative estimate of drug-likeness (QED) is 0.689. The lowest BCUT2D eigenvalue weighted by Crippen LogP contribution is -2.15. The minimum absolute atomic E-state index is 0.110. The molecule has 0 amide bonds. The van der Waals surface area contributed by atoms with Crippen LogP contribution in [0.3, 0.4) is 0 Å². The van der Waals surface area contributed by atoms with Gasteiger partial charge in [-0.3, -0.25) is 0 Å². The standard InChI is InChI=1S/C14H22F3N/c1-6-10(3)12(14(15,16)17)8-9-13(18-5)11(4)7-2/h8-9,11,18H,3,6-7H2,1-2,4-5H3/b12-8+,13-9+. The van der Waals surface area contributed by atoms with Crippen LogP contribution in [0, 0.1) is 5.92 Å². The van der Waals surface area contributed by atoms with E-state index in [0.29, 0.717) is 0 Å². The Morgan fingerprint density at radius 1 is 1.28 bits per heavy atom. The van der Waals surface area contributed by atoms with E-state index in [4.69, 9.17) is 0 Å². The van der Waals surface area contributed by atoms with Gasteiger partial charge in [0.05, 0.1) is 5.57 Å². The van der Waals surface area contributed by atoms with Crippen molar-refractivity contribution in [3.8, 4) is 0 Å². The van der Waals surface area contributed by atoms with Crippen molar-refractivity contribution in [2.45, 2.75) is 39.8 Å². The van der Waals surface area contributed by atoms with Crippen LogP contribution in [-0.2, 0) is 0 Å². The summed E-state index contributed by atoms with van der Waals surface area (Å²) in [7, 11) is 1.72. The molecule has 0 saturated heterocycles. The zero-order valence-corrected chi connectivity index (χ0v) is 11.5. The lowest BCUT2D eigenvalue weighted by molar-refractivity contribution is -0.0894. The van der Waals surface area contributed by atoms with Crippen molar-refractivity contribution >= 4 is 0 Å². The van der Waals surface area contributed by atoms with E-state index in [9.17, 15) is 13.2 Å². The summed E-state index contributed by atoms with van der Waals surface area (Å²) in [4.78, 5) is 0. The number of hydrogen-bond acceptors (Lipinski definition) is 1. The Labute approximate surface area is 107 Å². The molecular weight excluding hydrogens is 239 g/mol. The van der Waals surface area contributed by atoms with Crippen molar-refractivity contribution < 1.29 is 13.2 Å². The van der Waals surface area contributed by atoms with E-state index in [1.807, 2.05) is 13.8 Å². The van der Waals surface area contributed by atoms with Gasteiger partial charge in [0.25, 0.3) is 0 Å². The van der Waals surface area contributed by atoms with Gasteiger partial charge in [-0.1, -0.05) is 27.4 Å². The zero-order valence-electron chi connectivity index (χ0n) is 11.5. The van der Waals surface area contributed by atoms with Crippen LogP contribution >= 0.6 is 0 Å². The molecule has 0 aromatic heterocycles. The molecule has 0 heterocycles. The molecule has 0 aliphatic rings. The Hall–Kier alpha value is -1.19. The summed E-state index contributed by atoms with van der Waals surface area (Å²) in [6.45, 7) is 9.10. The predicted octanol–water partition coefficient (Wildman–Crippen LogP) is 4.59. The van der Waals surface area contributed by atoms with E-state index in [2.05, 4.69) is 11.9 Å². The van der Waals surface area contributed by atoms with Crippen molar-refractivity contribution in [1.82, 2.24) is 5.32 Å². The van der Waals surface area contributed by atoms with E-state index < -0.39 is 11.7 Å². The highest BCUT2D eigenvalue weighted by molar-refractivity contribution is 5.36. The summed E-state index contributed by atoms with van der Waals surface area (Å²) in [5, 5.41) is 2.94. The first-order valence-corrected chi connectivity index (χ1v) is 6.12. The Bertz CT molecular complexity index is 337. The summed E-state index contributed by atoms with van der Waals surface area (Å²) < 4.78 is 38.4. The lowest BCUT2D eigenvalue weighted by Gasteiger charge is -2.15. The second-order valence-electron chi connectivity index (χ2n) is 4.22. The van der Waals surface area contributed by atoms with Crippen molar-refractivity contribution in [2.24, 2.45) is 5.92 Å². The van der Waals surface area contributed by atoms with Crippen LogP contribution in [0.15, 0.2) is 35.6 Å². The average molecular weight is 261 g/mol. The Kier molecular flexibility index (Phi) is 6.81. The monoisotopic (exact) mass is 261 g/mol. The number of alkyl halides is 3. The fourth-order valence-electron chi connectivity index (χ4n) is 1.49. The van der Waals surface area contributed by atoms with Gasteiger partial charge < -0.3 is 5.32 Å². The molecule has 1 unspecified atom stereocenters. The summed E-state index contributed by atoms with van der Waals surface area (Å²) in [5.41, 5.74) is 0.252. The number of allylic oxidation sites excluding steroid dienone is 5. The molecule has 18 heavy (non-hydrogen) atoms. The van der Waals surface area contributed by atoms with Crippen LogP contribution < -0.4 is 5.32 Å². The molecule has 0 bridgehead atoms. The van der Waals surface area contributed by atoms with Gasteiger partial charge in [-0.25, -0.2) is 0 Å². The molecule has 0 spiro atoms. The van der Waals surface area contributed by atoms with Crippen LogP contribution in [0.5, 0.6) is 0 Å². The summed E-state index contributed by atoms with van der Waals surface area (Å²) >= 11 is 0. The fourth-order valence-corrected chi connectivity index (χ4v) is 1.49. The lowest BCUT2D eigenvalue weighted by atomic mass is 10.0. The Balaban J connectivity index is 5.31. The van der Waals surface area contributed by atoms with E-state index in [1.54, 1.807) is 14.0 Å². The third-order valence-corrected chi connectivity index (χ3v) is 2.97. The number of hydrogen-bond donors (Lipinski definition) is 1. The van der Waals surface area contributed by atoms with Gasteiger partial charge >= 0.3 is 6.18 Å². The van der Waals surface area contributed by atoms with Gasteiger partial charge in [0, 0.05) is 12.7 Å². The molecule has 1 atom stereocenters. The van der Waals surface area contributed by atoms with Crippen molar-refractivity contribution in [2.75, 3.05) is 7.05 Å². The highest BCUT2D eigenvalue weighted by atomic mass is 19.4. The molecule has 0 aliphatic carbocycles. The van der Waals surface area contributed by atoms with E-state index >= 15 is 0 Å². The maximum absolute atomic E-state index is 12.8. The molecule has 0 radical (unpaired) electrons. The number of nitrogens with one attached hydrogen (secondary N) is 1. The van der Waals surface area contributed by atoms with Crippen molar-refractivity contribution in [1.29, 1.82) is 0 Å². The SMILES string of the molecule is C=C(CC)/C(=C\C=C(\NC)C(C)CC)C(F)(F)F. The minimum Gasteiger partial charge on any atom is -0.391 e. The normalized spacial score (nSPS) is 15.5. The van der Waals surface area contributed by atoms with Crippen LogP contribution in [0.2, 0.25) is 0 Å². The molecule has 0 aromatic rings. The third kappa shape index (κ3) is 4.98. The second kappa shape index (κ2) is 7.29. The van der Waals surface area contributed by atoms with Crippen molar-refractivity contribution in [3.63, 3.8) is 0 Å². The van der Waals surface area contributed by atoms with Crippen molar-refractivity contribution in [3.05, 3.63) is 35.6 Å². The second-order valence-corrected chi connectivity index (χ2v) is 4.22. The molecule has 0 aromatic carbocycles. The smallest absolute Gasteiger partial charge is 0.391 e. The average Bonchev–Trinajstić information content (AvgIpc) is 2.31. The van der Waals surface area contributed by atoms with E-state index in [1.165, 1.54) is 6.08 Å².